The zero-order valence-electron chi connectivity index (χ0n) is 11.0. The number of benzene rings is 1. The quantitative estimate of drug-likeness (QED) is 0.794. The number of rotatable bonds is 6. The maximum Gasteiger partial charge on any atom is 0.118 e. The van der Waals surface area contributed by atoms with E-state index in [4.69, 9.17) is 16.2 Å². The van der Waals surface area contributed by atoms with Crippen LogP contribution >= 0.6 is 0 Å². The van der Waals surface area contributed by atoms with Crippen LogP contribution in [0.1, 0.15) is 25.3 Å². The summed E-state index contributed by atoms with van der Waals surface area (Å²) in [5.41, 5.74) is 12.8. The van der Waals surface area contributed by atoms with Crippen molar-refractivity contribution in [2.24, 2.45) is 23.3 Å². The molecular weight excluding hydrogens is 212 g/mol. The monoisotopic (exact) mass is 236 g/mol. The summed E-state index contributed by atoms with van der Waals surface area (Å²) in [6.07, 6.45) is 0. The van der Waals surface area contributed by atoms with Gasteiger partial charge < -0.3 is 16.2 Å². The zero-order chi connectivity index (χ0) is 12.8. The molecule has 0 aliphatic heterocycles. The lowest BCUT2D eigenvalue weighted by atomic mass is 9.80. The van der Waals surface area contributed by atoms with Crippen molar-refractivity contribution in [1.82, 2.24) is 0 Å². The van der Waals surface area contributed by atoms with Crippen LogP contribution in [-0.4, -0.2) is 20.2 Å². The van der Waals surface area contributed by atoms with Crippen LogP contribution in [0.5, 0.6) is 5.75 Å². The molecule has 1 rings (SSSR count). The molecule has 17 heavy (non-hydrogen) atoms. The van der Waals surface area contributed by atoms with E-state index in [1.807, 2.05) is 12.1 Å². The number of methoxy groups -OCH3 is 1. The number of hydrogen-bond acceptors (Lipinski definition) is 3. The maximum atomic E-state index is 5.75. The van der Waals surface area contributed by atoms with Crippen LogP contribution in [0.15, 0.2) is 24.3 Å². The second-order valence-electron chi connectivity index (χ2n) is 4.65. The Morgan fingerprint density at radius 3 is 2.00 bits per heavy atom. The molecule has 4 N–H and O–H groups in total. The predicted octanol–water partition coefficient (Wildman–Crippen LogP) is 1.97. The summed E-state index contributed by atoms with van der Waals surface area (Å²) in [4.78, 5) is 0. The van der Waals surface area contributed by atoms with Crippen LogP contribution in [0.25, 0.3) is 0 Å². The fourth-order valence-electron chi connectivity index (χ4n) is 2.14. The molecule has 0 fully saturated rings. The Balaban J connectivity index is 2.76. The molecule has 0 aliphatic rings. The van der Waals surface area contributed by atoms with Crippen LogP contribution in [0, 0.1) is 11.8 Å². The molecule has 0 saturated carbocycles. The molecule has 1 aromatic rings. The van der Waals surface area contributed by atoms with E-state index in [0.717, 1.165) is 5.75 Å². The van der Waals surface area contributed by atoms with Gasteiger partial charge in [-0.1, -0.05) is 26.0 Å². The minimum Gasteiger partial charge on any atom is -0.497 e. The smallest absolute Gasteiger partial charge is 0.118 e. The predicted molar refractivity (Wildman–Crippen MR) is 72.2 cm³/mol. The Morgan fingerprint density at radius 1 is 1.06 bits per heavy atom. The molecule has 0 saturated heterocycles. The molecule has 0 radical (unpaired) electrons. The minimum absolute atomic E-state index is 0.382. The summed E-state index contributed by atoms with van der Waals surface area (Å²) in [7, 11) is 1.68. The summed E-state index contributed by atoms with van der Waals surface area (Å²) in [5, 5.41) is 0. The summed E-state index contributed by atoms with van der Waals surface area (Å²) < 4.78 is 5.16. The van der Waals surface area contributed by atoms with E-state index in [1.165, 1.54) is 5.56 Å². The second-order valence-corrected chi connectivity index (χ2v) is 4.65. The average Bonchev–Trinajstić information content (AvgIpc) is 2.39. The van der Waals surface area contributed by atoms with Gasteiger partial charge in [0.2, 0.25) is 0 Å². The topological polar surface area (TPSA) is 61.3 Å². The van der Waals surface area contributed by atoms with Crippen LogP contribution in [-0.2, 0) is 0 Å². The van der Waals surface area contributed by atoms with Gasteiger partial charge in [0.15, 0.2) is 0 Å². The van der Waals surface area contributed by atoms with Crippen LogP contribution in [0.3, 0.4) is 0 Å². The molecule has 0 amide bonds. The fourth-order valence-corrected chi connectivity index (χ4v) is 2.14. The lowest BCUT2D eigenvalue weighted by Gasteiger charge is -2.27. The van der Waals surface area contributed by atoms with Gasteiger partial charge in [0.25, 0.3) is 0 Å². The van der Waals surface area contributed by atoms with Crippen molar-refractivity contribution in [1.29, 1.82) is 0 Å². The largest absolute Gasteiger partial charge is 0.497 e. The molecule has 0 aliphatic carbocycles. The first-order valence-corrected chi connectivity index (χ1v) is 6.18. The third-order valence-corrected chi connectivity index (χ3v) is 3.78. The molecule has 3 nitrogen and oxygen atoms in total. The van der Waals surface area contributed by atoms with Gasteiger partial charge in [-0.15, -0.1) is 0 Å². The van der Waals surface area contributed by atoms with Gasteiger partial charge in [-0.2, -0.15) is 0 Å². The Labute approximate surface area is 104 Å². The first-order chi connectivity index (χ1) is 8.13. The lowest BCUT2D eigenvalue weighted by Crippen LogP contribution is -2.31. The third-order valence-electron chi connectivity index (χ3n) is 3.78. The van der Waals surface area contributed by atoms with E-state index in [2.05, 4.69) is 26.0 Å². The fraction of sp³-hybridized carbons (Fsp3) is 0.571. The maximum absolute atomic E-state index is 5.75. The highest BCUT2D eigenvalue weighted by molar-refractivity contribution is 5.29. The molecule has 2 atom stereocenters. The molecule has 1 aromatic carbocycles. The van der Waals surface area contributed by atoms with Crippen LogP contribution in [0.4, 0.5) is 0 Å². The number of nitrogens with two attached hydrogens (primary N) is 2. The van der Waals surface area contributed by atoms with Crippen molar-refractivity contribution in [3.8, 4) is 5.75 Å². The van der Waals surface area contributed by atoms with Gasteiger partial charge in [0, 0.05) is 0 Å². The first-order valence-electron chi connectivity index (χ1n) is 6.18. The van der Waals surface area contributed by atoms with E-state index >= 15 is 0 Å². The van der Waals surface area contributed by atoms with Crippen molar-refractivity contribution in [2.75, 3.05) is 20.2 Å². The average molecular weight is 236 g/mol. The van der Waals surface area contributed by atoms with E-state index in [9.17, 15) is 0 Å². The zero-order valence-corrected chi connectivity index (χ0v) is 11.0. The summed E-state index contributed by atoms with van der Waals surface area (Å²) in [5.74, 6) is 2.21. The normalized spacial score (nSPS) is 14.7. The highest BCUT2D eigenvalue weighted by Crippen LogP contribution is 2.30. The van der Waals surface area contributed by atoms with Crippen molar-refractivity contribution in [3.63, 3.8) is 0 Å². The molecule has 2 unspecified atom stereocenters. The summed E-state index contributed by atoms with van der Waals surface area (Å²) in [6.45, 7) is 5.75. The molecule has 96 valence electrons. The molecule has 0 aromatic heterocycles. The highest BCUT2D eigenvalue weighted by Gasteiger charge is 2.21. The van der Waals surface area contributed by atoms with Gasteiger partial charge in [-0.25, -0.2) is 0 Å². The molecular formula is C14H24N2O. The standard InChI is InChI=1S/C14H24N2O/c1-10(11(2)13(8-15)9-16)12-4-6-14(17-3)7-5-12/h4-7,10-11,13H,8-9,15-16H2,1-3H3. The Kier molecular flexibility index (Phi) is 5.45. The van der Waals surface area contributed by atoms with Gasteiger partial charge >= 0.3 is 0 Å². The lowest BCUT2D eigenvalue weighted by molar-refractivity contribution is 0.328. The summed E-state index contributed by atoms with van der Waals surface area (Å²) in [6, 6.07) is 8.23. The second kappa shape index (κ2) is 6.62. The van der Waals surface area contributed by atoms with Gasteiger partial charge in [0.1, 0.15) is 5.75 Å². The van der Waals surface area contributed by atoms with Crippen LogP contribution in [0.2, 0.25) is 0 Å². The van der Waals surface area contributed by atoms with E-state index in [1.54, 1.807) is 7.11 Å². The van der Waals surface area contributed by atoms with Gasteiger partial charge in [-0.3, -0.25) is 0 Å². The molecule has 0 spiro atoms. The third kappa shape index (κ3) is 3.45. The van der Waals surface area contributed by atoms with E-state index in [0.29, 0.717) is 30.8 Å². The molecule has 0 heterocycles. The molecule has 3 heteroatoms. The van der Waals surface area contributed by atoms with Gasteiger partial charge in [0.05, 0.1) is 7.11 Å². The Morgan fingerprint density at radius 2 is 1.59 bits per heavy atom. The Hall–Kier alpha value is -1.06. The SMILES string of the molecule is COc1ccc(C(C)C(C)C(CN)CN)cc1. The highest BCUT2D eigenvalue weighted by atomic mass is 16.5. The van der Waals surface area contributed by atoms with Crippen molar-refractivity contribution in [3.05, 3.63) is 29.8 Å². The van der Waals surface area contributed by atoms with Crippen molar-refractivity contribution >= 4 is 0 Å². The number of hydrogen-bond donors (Lipinski definition) is 2. The summed E-state index contributed by atoms with van der Waals surface area (Å²) >= 11 is 0. The van der Waals surface area contributed by atoms with Gasteiger partial charge in [-0.05, 0) is 48.5 Å². The van der Waals surface area contributed by atoms with Crippen molar-refractivity contribution in [2.45, 2.75) is 19.8 Å². The number of ether oxygens (including phenoxy) is 1. The molecule has 0 bridgehead atoms. The van der Waals surface area contributed by atoms with Crippen LogP contribution < -0.4 is 16.2 Å². The minimum atomic E-state index is 0.382. The van der Waals surface area contributed by atoms with E-state index < -0.39 is 0 Å². The van der Waals surface area contributed by atoms with E-state index in [-0.39, 0.29) is 0 Å². The Bertz CT molecular complexity index is 319. The van der Waals surface area contributed by atoms with Crippen molar-refractivity contribution < 1.29 is 4.74 Å². The first kappa shape index (κ1) is 14.0.